The molecular formula is C15H10FNO3S. The summed E-state index contributed by atoms with van der Waals surface area (Å²) in [6, 6.07) is 7.02. The van der Waals surface area contributed by atoms with Gasteiger partial charge in [0.05, 0.1) is 17.2 Å². The highest BCUT2D eigenvalue weighted by Gasteiger charge is 2.28. The summed E-state index contributed by atoms with van der Waals surface area (Å²) in [6.07, 6.45) is 1.23. The molecule has 106 valence electrons. The third-order valence-corrected chi connectivity index (χ3v) is 4.19. The lowest BCUT2D eigenvalue weighted by molar-refractivity contribution is 0.0988. The number of fused-ring (bicyclic) bond motifs is 1. The third-order valence-electron chi connectivity index (χ3n) is 3.05. The quantitative estimate of drug-likeness (QED) is 0.915. The number of halogens is 1. The second kappa shape index (κ2) is 5.23. The number of hydrogen-bond acceptors (Lipinski definition) is 5. The Bertz CT molecular complexity index is 762. The molecule has 1 aromatic carbocycles. The van der Waals surface area contributed by atoms with Gasteiger partial charge < -0.3 is 10.4 Å². The second-order valence-corrected chi connectivity index (χ2v) is 5.63. The number of allylic oxidation sites excluding steroid dienone is 2. The van der Waals surface area contributed by atoms with Crippen LogP contribution >= 0.6 is 11.3 Å². The minimum absolute atomic E-state index is 0.140. The van der Waals surface area contributed by atoms with E-state index in [9.17, 15) is 14.0 Å². The predicted molar refractivity (Wildman–Crippen MR) is 77.0 cm³/mol. The summed E-state index contributed by atoms with van der Waals surface area (Å²) >= 11 is 1.12. The number of rotatable bonds is 3. The van der Waals surface area contributed by atoms with Crippen molar-refractivity contribution in [2.24, 2.45) is 0 Å². The molecule has 0 amide bonds. The van der Waals surface area contributed by atoms with Crippen molar-refractivity contribution in [2.45, 2.75) is 6.61 Å². The molecule has 1 aromatic heterocycles. The lowest BCUT2D eigenvalue weighted by Crippen LogP contribution is -2.19. The Morgan fingerprint density at radius 1 is 1.19 bits per heavy atom. The molecule has 0 bridgehead atoms. The molecule has 0 saturated carbocycles. The number of anilines is 1. The van der Waals surface area contributed by atoms with Gasteiger partial charge in [0.25, 0.3) is 0 Å². The smallest absolute Gasteiger partial charge is 0.210 e. The minimum Gasteiger partial charge on any atom is -0.391 e. The summed E-state index contributed by atoms with van der Waals surface area (Å²) in [5.41, 5.74) is 0.951. The van der Waals surface area contributed by atoms with Gasteiger partial charge >= 0.3 is 0 Å². The van der Waals surface area contributed by atoms with Crippen LogP contribution in [0.3, 0.4) is 0 Å². The molecule has 0 radical (unpaired) electrons. The van der Waals surface area contributed by atoms with Gasteiger partial charge in [0.2, 0.25) is 5.78 Å². The van der Waals surface area contributed by atoms with Gasteiger partial charge in [-0.2, -0.15) is 0 Å². The zero-order valence-corrected chi connectivity index (χ0v) is 11.5. The van der Waals surface area contributed by atoms with Crippen LogP contribution in [0.2, 0.25) is 0 Å². The Balaban J connectivity index is 1.92. The van der Waals surface area contributed by atoms with E-state index in [4.69, 9.17) is 5.11 Å². The number of ketones is 2. The van der Waals surface area contributed by atoms with Crippen LogP contribution < -0.4 is 5.32 Å². The number of nitrogens with one attached hydrogen (secondary N) is 1. The molecule has 0 unspecified atom stereocenters. The van der Waals surface area contributed by atoms with Gasteiger partial charge in [-0.15, -0.1) is 11.3 Å². The van der Waals surface area contributed by atoms with E-state index in [1.54, 1.807) is 0 Å². The molecule has 1 heterocycles. The maximum absolute atomic E-state index is 12.9. The van der Waals surface area contributed by atoms with Crippen LogP contribution in [0.5, 0.6) is 0 Å². The molecular weight excluding hydrogens is 293 g/mol. The summed E-state index contributed by atoms with van der Waals surface area (Å²) in [5, 5.41) is 11.9. The van der Waals surface area contributed by atoms with Crippen LogP contribution in [0.15, 0.2) is 42.1 Å². The molecule has 21 heavy (non-hydrogen) atoms. The number of hydrogen-bond donors (Lipinski definition) is 2. The monoisotopic (exact) mass is 303 g/mol. The average molecular weight is 303 g/mol. The van der Waals surface area contributed by atoms with Gasteiger partial charge in [-0.05, 0) is 30.3 Å². The van der Waals surface area contributed by atoms with E-state index in [0.717, 1.165) is 11.3 Å². The zero-order valence-electron chi connectivity index (χ0n) is 10.7. The lowest BCUT2D eigenvalue weighted by atomic mass is 10.00. The summed E-state index contributed by atoms with van der Waals surface area (Å²) in [5.74, 6) is -0.975. The van der Waals surface area contributed by atoms with Crippen molar-refractivity contribution in [3.05, 3.63) is 63.2 Å². The Morgan fingerprint density at radius 2 is 1.90 bits per heavy atom. The number of carbonyl (C=O) groups is 2. The normalized spacial score (nSPS) is 13.9. The first-order valence-electron chi connectivity index (χ1n) is 6.15. The van der Waals surface area contributed by atoms with Crippen molar-refractivity contribution in [2.75, 3.05) is 5.32 Å². The SMILES string of the molecule is O=C1C(Nc2ccc(F)cc2)=CC(=O)c2sc(CO)cc21. The van der Waals surface area contributed by atoms with Gasteiger partial charge in [-0.1, -0.05) is 0 Å². The fourth-order valence-corrected chi connectivity index (χ4v) is 2.99. The Hall–Kier alpha value is -2.31. The van der Waals surface area contributed by atoms with Crippen LogP contribution in [0.4, 0.5) is 10.1 Å². The number of thiophene rings is 1. The van der Waals surface area contributed by atoms with Crippen LogP contribution in [0.25, 0.3) is 0 Å². The predicted octanol–water partition coefficient (Wildman–Crippen LogP) is 2.75. The van der Waals surface area contributed by atoms with Crippen molar-refractivity contribution >= 4 is 28.6 Å². The number of benzene rings is 1. The summed E-state index contributed by atoms with van der Waals surface area (Å²) in [6.45, 7) is -0.209. The highest BCUT2D eigenvalue weighted by molar-refractivity contribution is 7.14. The third kappa shape index (κ3) is 2.51. The van der Waals surface area contributed by atoms with Gasteiger partial charge in [0.1, 0.15) is 5.82 Å². The van der Waals surface area contributed by atoms with E-state index in [1.165, 1.54) is 36.4 Å². The van der Waals surface area contributed by atoms with Crippen molar-refractivity contribution in [3.8, 4) is 0 Å². The number of Topliss-reactive ketones (excluding diaryl/α,β-unsaturated/α-hetero) is 1. The van der Waals surface area contributed by atoms with Crippen LogP contribution in [-0.4, -0.2) is 16.7 Å². The highest BCUT2D eigenvalue weighted by atomic mass is 32.1. The average Bonchev–Trinajstić information content (AvgIpc) is 2.92. The molecule has 1 aliphatic rings. The van der Waals surface area contributed by atoms with Crippen LogP contribution in [-0.2, 0) is 6.61 Å². The Labute approximate surface area is 123 Å². The van der Waals surface area contributed by atoms with Crippen LogP contribution in [0.1, 0.15) is 24.9 Å². The maximum atomic E-state index is 12.9. The van der Waals surface area contributed by atoms with Crippen molar-refractivity contribution in [3.63, 3.8) is 0 Å². The minimum atomic E-state index is -0.381. The first-order chi connectivity index (χ1) is 10.1. The van der Waals surface area contributed by atoms with E-state index < -0.39 is 0 Å². The molecule has 1 aliphatic carbocycles. The fourth-order valence-electron chi connectivity index (χ4n) is 2.06. The van der Waals surface area contributed by atoms with E-state index in [2.05, 4.69) is 5.32 Å². The van der Waals surface area contributed by atoms with Crippen molar-refractivity contribution in [1.82, 2.24) is 0 Å². The van der Waals surface area contributed by atoms with Gasteiger partial charge in [0, 0.05) is 22.2 Å². The molecule has 0 aliphatic heterocycles. The van der Waals surface area contributed by atoms with Gasteiger partial charge in [0.15, 0.2) is 5.78 Å². The zero-order chi connectivity index (χ0) is 15.0. The number of carbonyl (C=O) groups excluding carboxylic acids is 2. The second-order valence-electron chi connectivity index (χ2n) is 4.50. The van der Waals surface area contributed by atoms with E-state index in [-0.39, 0.29) is 29.7 Å². The molecule has 2 aromatic rings. The molecule has 2 N–H and O–H groups in total. The molecule has 0 fully saturated rings. The fraction of sp³-hybridized carbons (Fsp3) is 0.0667. The number of aliphatic hydroxyl groups excluding tert-OH is 1. The first-order valence-corrected chi connectivity index (χ1v) is 6.97. The van der Waals surface area contributed by atoms with Crippen LogP contribution in [0, 0.1) is 5.82 Å². The molecule has 0 spiro atoms. The van der Waals surface area contributed by atoms with E-state index in [1.807, 2.05) is 0 Å². The standard InChI is InChI=1S/C15H10FNO3S/c16-8-1-3-9(4-2-8)17-12-6-13(19)15-11(14(12)20)5-10(7-18)21-15/h1-6,17-18H,7H2. The Kier molecular flexibility index (Phi) is 3.40. The van der Waals surface area contributed by atoms with E-state index >= 15 is 0 Å². The molecule has 0 saturated heterocycles. The number of aliphatic hydroxyl groups is 1. The summed E-state index contributed by atoms with van der Waals surface area (Å²) in [7, 11) is 0. The molecule has 4 nitrogen and oxygen atoms in total. The van der Waals surface area contributed by atoms with Crippen molar-refractivity contribution < 1.29 is 19.1 Å². The summed E-state index contributed by atoms with van der Waals surface area (Å²) < 4.78 is 12.9. The summed E-state index contributed by atoms with van der Waals surface area (Å²) in [4.78, 5) is 25.3. The van der Waals surface area contributed by atoms with Crippen molar-refractivity contribution in [1.29, 1.82) is 0 Å². The lowest BCUT2D eigenvalue weighted by Gasteiger charge is -2.13. The van der Waals surface area contributed by atoms with Gasteiger partial charge in [-0.3, -0.25) is 9.59 Å². The first kappa shape index (κ1) is 13.7. The van der Waals surface area contributed by atoms with E-state index in [0.29, 0.717) is 21.0 Å². The largest absolute Gasteiger partial charge is 0.391 e. The maximum Gasteiger partial charge on any atom is 0.210 e. The molecule has 6 heteroatoms. The highest BCUT2D eigenvalue weighted by Crippen LogP contribution is 2.30. The molecule has 3 rings (SSSR count). The molecule has 0 atom stereocenters. The Morgan fingerprint density at radius 3 is 2.57 bits per heavy atom. The topological polar surface area (TPSA) is 66.4 Å². The van der Waals surface area contributed by atoms with Gasteiger partial charge in [-0.25, -0.2) is 4.39 Å².